The highest BCUT2D eigenvalue weighted by Crippen LogP contribution is 2.31. The largest absolute Gasteiger partial charge is 0.481 e. The molecule has 0 aromatic carbocycles. The van der Waals surface area contributed by atoms with Crippen LogP contribution >= 0.6 is 0 Å². The molecule has 8 nitrogen and oxygen atoms in total. The second-order valence-corrected chi connectivity index (χ2v) is 5.93. The fraction of sp³-hybridized carbons (Fsp3) is 0.400. The van der Waals surface area contributed by atoms with Gasteiger partial charge in [-0.2, -0.15) is 0 Å². The van der Waals surface area contributed by atoms with E-state index in [9.17, 15) is 14.7 Å². The van der Waals surface area contributed by atoms with E-state index in [1.807, 2.05) is 0 Å². The number of rotatable bonds is 3. The minimum atomic E-state index is -0.903. The van der Waals surface area contributed by atoms with Gasteiger partial charge in [-0.1, -0.05) is 5.16 Å². The number of hydrogen-bond acceptors (Lipinski definition) is 5. The number of carboxylic acids is 1. The first-order valence-corrected chi connectivity index (χ1v) is 7.19. The summed E-state index contributed by atoms with van der Waals surface area (Å²) in [6, 6.07) is 2.96. The number of aliphatic carboxylic acids is 1. The third-order valence-corrected chi connectivity index (χ3v) is 4.15. The Bertz CT molecular complexity index is 750. The molecule has 0 radical (unpaired) electrons. The van der Waals surface area contributed by atoms with E-state index < -0.39 is 17.4 Å². The maximum Gasteiger partial charge on any atom is 0.323 e. The molecule has 3 rings (SSSR count). The first-order chi connectivity index (χ1) is 10.9. The zero-order valence-corrected chi connectivity index (χ0v) is 12.8. The summed E-state index contributed by atoms with van der Waals surface area (Å²) in [6.45, 7) is 3.99. The molecule has 1 aliphatic rings. The third-order valence-electron chi connectivity index (χ3n) is 4.15. The summed E-state index contributed by atoms with van der Waals surface area (Å²) >= 11 is 0. The molecule has 1 saturated heterocycles. The number of nitrogens with one attached hydrogen (secondary N) is 1. The molecule has 0 aliphatic carbocycles. The van der Waals surface area contributed by atoms with Gasteiger partial charge in [0.2, 0.25) is 0 Å². The number of carbonyl (C=O) groups is 2. The fourth-order valence-corrected chi connectivity index (χ4v) is 2.60. The number of aromatic nitrogens is 1. The van der Waals surface area contributed by atoms with Crippen molar-refractivity contribution >= 4 is 17.8 Å². The Kier molecular flexibility index (Phi) is 3.59. The van der Waals surface area contributed by atoms with Gasteiger partial charge in [0, 0.05) is 19.2 Å². The van der Waals surface area contributed by atoms with Gasteiger partial charge in [-0.05, 0) is 26.3 Å². The van der Waals surface area contributed by atoms with Crippen molar-refractivity contribution in [1.82, 2.24) is 10.1 Å². The van der Waals surface area contributed by atoms with E-state index in [2.05, 4.69) is 10.5 Å². The van der Waals surface area contributed by atoms with Crippen LogP contribution in [-0.2, 0) is 4.79 Å². The van der Waals surface area contributed by atoms with Gasteiger partial charge in [-0.3, -0.25) is 10.1 Å². The van der Waals surface area contributed by atoms with E-state index in [0.717, 1.165) is 5.56 Å². The average Bonchev–Trinajstić information content (AvgIpc) is 3.19. The Morgan fingerprint density at radius 2 is 2.26 bits per heavy atom. The van der Waals surface area contributed by atoms with Crippen molar-refractivity contribution in [2.45, 2.75) is 20.3 Å². The van der Waals surface area contributed by atoms with Crippen LogP contribution in [0.2, 0.25) is 0 Å². The quantitative estimate of drug-likeness (QED) is 0.900. The van der Waals surface area contributed by atoms with Gasteiger partial charge in [0.05, 0.1) is 17.2 Å². The van der Waals surface area contributed by atoms with Gasteiger partial charge in [-0.15, -0.1) is 0 Å². The lowest BCUT2D eigenvalue weighted by atomic mass is 9.90. The monoisotopic (exact) mass is 319 g/mol. The lowest BCUT2D eigenvalue weighted by Gasteiger charge is -2.19. The number of urea groups is 1. The van der Waals surface area contributed by atoms with Gasteiger partial charge >= 0.3 is 12.0 Å². The number of likely N-dealkylation sites (tertiary alicyclic amines) is 1. The van der Waals surface area contributed by atoms with Crippen molar-refractivity contribution in [3.05, 3.63) is 24.2 Å². The lowest BCUT2D eigenvalue weighted by Crippen LogP contribution is -2.37. The van der Waals surface area contributed by atoms with E-state index in [0.29, 0.717) is 24.5 Å². The highest BCUT2D eigenvalue weighted by Gasteiger charge is 2.42. The molecular formula is C15H17N3O5. The van der Waals surface area contributed by atoms with Crippen LogP contribution in [0.3, 0.4) is 0 Å². The Morgan fingerprint density at radius 3 is 2.87 bits per heavy atom. The molecule has 2 amide bonds. The number of hydrogen-bond donors (Lipinski definition) is 2. The number of nitrogens with zero attached hydrogens (tertiary/aromatic N) is 2. The molecular weight excluding hydrogens is 302 g/mol. The smallest absolute Gasteiger partial charge is 0.323 e. The number of furan rings is 1. The molecule has 122 valence electrons. The topological polar surface area (TPSA) is 109 Å². The number of anilines is 1. The molecule has 8 heteroatoms. The minimum Gasteiger partial charge on any atom is -0.481 e. The predicted octanol–water partition coefficient (Wildman–Crippen LogP) is 2.57. The first kappa shape index (κ1) is 15.1. The second kappa shape index (κ2) is 5.45. The van der Waals surface area contributed by atoms with Gasteiger partial charge in [-0.25, -0.2) is 4.79 Å². The number of carbonyl (C=O) groups excluding carboxylic acids is 1. The maximum atomic E-state index is 12.2. The molecule has 2 aromatic rings. The Balaban J connectivity index is 1.67. The SMILES string of the molecule is Cc1occc1-c1cc(NC(=O)N2CCC(C)(C(=O)O)C2)no1. The van der Waals surface area contributed by atoms with E-state index >= 15 is 0 Å². The average molecular weight is 319 g/mol. The van der Waals surface area contributed by atoms with Gasteiger partial charge in [0.25, 0.3) is 0 Å². The Hall–Kier alpha value is -2.77. The summed E-state index contributed by atoms with van der Waals surface area (Å²) in [5.41, 5.74) is -0.141. The maximum absolute atomic E-state index is 12.2. The van der Waals surface area contributed by atoms with Gasteiger partial charge < -0.3 is 18.9 Å². The predicted molar refractivity (Wildman–Crippen MR) is 79.9 cm³/mol. The molecule has 1 fully saturated rings. The normalized spacial score (nSPS) is 20.7. The minimum absolute atomic E-state index is 0.166. The molecule has 1 atom stereocenters. The Morgan fingerprint density at radius 1 is 1.48 bits per heavy atom. The molecule has 1 aliphatic heterocycles. The molecule has 2 aromatic heterocycles. The number of carboxylic acid groups (broad SMARTS) is 1. The number of aryl methyl sites for hydroxylation is 1. The van der Waals surface area contributed by atoms with Crippen LogP contribution in [0.1, 0.15) is 19.1 Å². The standard InChI is InChI=1S/C15H17N3O5/c1-9-10(3-6-22-9)11-7-12(17-23-11)16-14(21)18-5-4-15(2,8-18)13(19)20/h3,6-7H,4-5,8H2,1-2H3,(H,19,20)(H,16,17,21). The summed E-state index contributed by atoms with van der Waals surface area (Å²) in [5.74, 6) is 0.556. The second-order valence-electron chi connectivity index (χ2n) is 5.93. The molecule has 0 saturated carbocycles. The summed E-state index contributed by atoms with van der Waals surface area (Å²) in [4.78, 5) is 24.9. The van der Waals surface area contributed by atoms with E-state index in [4.69, 9.17) is 8.94 Å². The van der Waals surface area contributed by atoms with Crippen LogP contribution in [0.4, 0.5) is 10.6 Å². The molecule has 0 spiro atoms. The summed E-state index contributed by atoms with van der Waals surface area (Å²) in [6.07, 6.45) is 1.97. The molecule has 2 N–H and O–H groups in total. The van der Waals surface area contributed by atoms with Crippen molar-refractivity contribution in [3.63, 3.8) is 0 Å². The van der Waals surface area contributed by atoms with Crippen LogP contribution in [0, 0.1) is 12.3 Å². The van der Waals surface area contributed by atoms with Gasteiger partial charge in [0.1, 0.15) is 5.76 Å². The summed E-state index contributed by atoms with van der Waals surface area (Å²) in [7, 11) is 0. The van der Waals surface area contributed by atoms with Crippen LogP contribution in [0.5, 0.6) is 0 Å². The Labute approximate surface area is 132 Å². The first-order valence-electron chi connectivity index (χ1n) is 7.19. The highest BCUT2D eigenvalue weighted by molar-refractivity contribution is 5.90. The highest BCUT2D eigenvalue weighted by atomic mass is 16.5. The van der Waals surface area contributed by atoms with Crippen LogP contribution < -0.4 is 5.32 Å². The van der Waals surface area contributed by atoms with E-state index in [1.165, 1.54) is 4.90 Å². The zero-order chi connectivity index (χ0) is 16.6. The lowest BCUT2D eigenvalue weighted by molar-refractivity contribution is -0.146. The van der Waals surface area contributed by atoms with Crippen molar-refractivity contribution in [3.8, 4) is 11.3 Å². The van der Waals surface area contributed by atoms with Crippen LogP contribution in [0.15, 0.2) is 27.3 Å². The zero-order valence-electron chi connectivity index (χ0n) is 12.8. The van der Waals surface area contributed by atoms with Crippen molar-refractivity contribution in [1.29, 1.82) is 0 Å². The molecule has 23 heavy (non-hydrogen) atoms. The fourth-order valence-electron chi connectivity index (χ4n) is 2.60. The van der Waals surface area contributed by atoms with Crippen LogP contribution in [0.25, 0.3) is 11.3 Å². The van der Waals surface area contributed by atoms with E-state index in [-0.39, 0.29) is 12.4 Å². The van der Waals surface area contributed by atoms with Crippen molar-refractivity contribution in [2.75, 3.05) is 18.4 Å². The van der Waals surface area contributed by atoms with Gasteiger partial charge in [0.15, 0.2) is 11.6 Å². The number of amides is 2. The molecule has 3 heterocycles. The molecule has 0 bridgehead atoms. The van der Waals surface area contributed by atoms with E-state index in [1.54, 1.807) is 32.2 Å². The summed E-state index contributed by atoms with van der Waals surface area (Å²) in [5, 5.41) is 15.6. The van der Waals surface area contributed by atoms with Crippen LogP contribution in [-0.4, -0.2) is 40.3 Å². The molecule has 1 unspecified atom stereocenters. The summed E-state index contributed by atoms with van der Waals surface area (Å²) < 4.78 is 10.4. The van der Waals surface area contributed by atoms with Crippen molar-refractivity contribution in [2.24, 2.45) is 5.41 Å². The third kappa shape index (κ3) is 2.79. The van der Waals surface area contributed by atoms with Crippen molar-refractivity contribution < 1.29 is 23.6 Å².